The molecule has 1 aromatic heterocycles. The number of aromatic nitrogens is 1. The van der Waals surface area contributed by atoms with Gasteiger partial charge >= 0.3 is 17.9 Å². The fourth-order valence-electron chi connectivity index (χ4n) is 2.21. The number of halogens is 1. The fraction of sp³-hybridized carbons (Fsp3) is 0.556. The van der Waals surface area contributed by atoms with Crippen LogP contribution in [0.1, 0.15) is 27.7 Å². The van der Waals surface area contributed by atoms with Gasteiger partial charge in [0.2, 0.25) is 0 Å². The Balaban J connectivity index is 3.11. The minimum atomic E-state index is -0.815. The third-order valence-corrected chi connectivity index (χ3v) is 5.00. The predicted molar refractivity (Wildman–Crippen MR) is 109 cm³/mol. The molecule has 0 aromatic carbocycles. The Kier molecular flexibility index (Phi) is 11.2. The molecule has 0 aliphatic heterocycles. The highest BCUT2D eigenvalue weighted by atomic mass is 79.9. The largest absolute Gasteiger partial charge is 0.463 e. The molecule has 0 spiro atoms. The van der Waals surface area contributed by atoms with E-state index in [1.54, 1.807) is 19.3 Å². The monoisotopic (exact) mass is 492 g/mol. The molecule has 1 heterocycles. The second kappa shape index (κ2) is 12.8. The van der Waals surface area contributed by atoms with Crippen LogP contribution in [-0.2, 0) is 33.3 Å². The average Bonchev–Trinajstić information content (AvgIpc) is 2.61. The van der Waals surface area contributed by atoms with Crippen molar-refractivity contribution in [1.82, 2.24) is 4.98 Å². The van der Waals surface area contributed by atoms with Gasteiger partial charge in [-0.25, -0.2) is 0 Å². The molecule has 11 heteroatoms. The van der Waals surface area contributed by atoms with Crippen molar-refractivity contribution >= 4 is 45.6 Å². The highest BCUT2D eigenvalue weighted by Crippen LogP contribution is 2.30. The summed E-state index contributed by atoms with van der Waals surface area (Å²) in [6.45, 7) is 5.23. The van der Waals surface area contributed by atoms with Crippen LogP contribution >= 0.6 is 27.7 Å². The third kappa shape index (κ3) is 10.1. The van der Waals surface area contributed by atoms with Gasteiger partial charge in [0.25, 0.3) is 0 Å². The summed E-state index contributed by atoms with van der Waals surface area (Å²) in [5.74, 6) is -1.54. The first-order chi connectivity index (χ1) is 13.6. The van der Waals surface area contributed by atoms with Crippen LogP contribution in [0.4, 0.5) is 0 Å². The minimum absolute atomic E-state index is 0.0130. The molecule has 162 valence electrons. The van der Waals surface area contributed by atoms with Crippen LogP contribution in [0.3, 0.4) is 0 Å². The van der Waals surface area contributed by atoms with Crippen molar-refractivity contribution in [3.8, 4) is 0 Å². The van der Waals surface area contributed by atoms with Gasteiger partial charge in [-0.3, -0.25) is 19.4 Å². The number of nitrogens with zero attached hydrogens (tertiary/aromatic N) is 1. The van der Waals surface area contributed by atoms with Crippen molar-refractivity contribution < 1.29 is 33.3 Å². The third-order valence-electron chi connectivity index (χ3n) is 3.42. The number of thioether (sulfide) groups is 1. The molecule has 29 heavy (non-hydrogen) atoms. The number of pyridine rings is 1. The summed E-state index contributed by atoms with van der Waals surface area (Å²) < 4.78 is 22.4. The van der Waals surface area contributed by atoms with Crippen molar-refractivity contribution in [3.63, 3.8) is 0 Å². The number of hydrogen-bond acceptors (Lipinski definition) is 10. The molecule has 2 N–H and O–H groups in total. The van der Waals surface area contributed by atoms with E-state index in [1.165, 1.54) is 32.5 Å². The van der Waals surface area contributed by atoms with Crippen molar-refractivity contribution in [1.29, 1.82) is 0 Å². The second-order valence-corrected chi connectivity index (χ2v) is 8.09. The number of rotatable bonds is 11. The van der Waals surface area contributed by atoms with Crippen molar-refractivity contribution in [2.24, 2.45) is 5.73 Å². The molecule has 0 saturated carbocycles. The Morgan fingerprint density at radius 1 is 1.10 bits per heavy atom. The van der Waals surface area contributed by atoms with E-state index in [1.807, 2.05) is 6.07 Å². The highest BCUT2D eigenvalue weighted by Gasteiger charge is 2.32. The predicted octanol–water partition coefficient (Wildman–Crippen LogP) is 2.05. The van der Waals surface area contributed by atoms with E-state index < -0.39 is 41.7 Å². The minimum Gasteiger partial charge on any atom is -0.463 e. The molecule has 4 atom stereocenters. The lowest BCUT2D eigenvalue weighted by Crippen LogP contribution is -2.44. The summed E-state index contributed by atoms with van der Waals surface area (Å²) in [6.07, 6.45) is 0.889. The van der Waals surface area contributed by atoms with Crippen molar-refractivity contribution in [3.05, 3.63) is 22.9 Å². The van der Waals surface area contributed by atoms with Crippen molar-refractivity contribution in [2.45, 2.75) is 56.3 Å². The Morgan fingerprint density at radius 3 is 2.28 bits per heavy atom. The van der Waals surface area contributed by atoms with Crippen LogP contribution in [0.2, 0.25) is 0 Å². The lowest BCUT2D eigenvalue weighted by Gasteiger charge is -2.31. The van der Waals surface area contributed by atoms with E-state index >= 15 is 0 Å². The zero-order chi connectivity index (χ0) is 22.0. The lowest BCUT2D eigenvalue weighted by atomic mass is 10.2. The van der Waals surface area contributed by atoms with Crippen LogP contribution < -0.4 is 5.73 Å². The summed E-state index contributed by atoms with van der Waals surface area (Å²) in [5, 5.41) is 0. The molecule has 0 bridgehead atoms. The zero-order valence-electron chi connectivity index (χ0n) is 16.6. The molecule has 2 unspecified atom stereocenters. The standard InChI is InChI=1S/C18H25BrN2O7S/c1-10(26-12(3)23)17(9-25-11(2)22)28-18(16(6-20)27-13(4)24)29-15-5-14(19)7-21-8-15/h5,7-8,10,16-18H,6,9,20H2,1-4H3/t10-,16+,17?,18?/m1/s1. The molecular weight excluding hydrogens is 468 g/mol. The maximum Gasteiger partial charge on any atom is 0.303 e. The van der Waals surface area contributed by atoms with Crippen LogP contribution in [0.5, 0.6) is 0 Å². The Bertz CT molecular complexity index is 707. The van der Waals surface area contributed by atoms with E-state index in [0.29, 0.717) is 0 Å². The summed E-state index contributed by atoms with van der Waals surface area (Å²) in [4.78, 5) is 38.9. The molecule has 0 fully saturated rings. The first-order valence-corrected chi connectivity index (χ1v) is 10.4. The first-order valence-electron chi connectivity index (χ1n) is 8.72. The molecule has 0 saturated heterocycles. The average molecular weight is 493 g/mol. The molecule has 0 amide bonds. The summed E-state index contributed by atoms with van der Waals surface area (Å²) in [5.41, 5.74) is 5.01. The van der Waals surface area contributed by atoms with Gasteiger partial charge in [0.05, 0.1) is 0 Å². The highest BCUT2D eigenvalue weighted by molar-refractivity contribution is 9.10. The molecular formula is C18H25BrN2O7S. The summed E-state index contributed by atoms with van der Waals surface area (Å²) >= 11 is 4.57. The summed E-state index contributed by atoms with van der Waals surface area (Å²) in [6, 6.07) is 1.81. The van der Waals surface area contributed by atoms with E-state index in [2.05, 4.69) is 20.9 Å². The van der Waals surface area contributed by atoms with Crippen LogP contribution in [0, 0.1) is 0 Å². The Morgan fingerprint density at radius 2 is 1.76 bits per heavy atom. The zero-order valence-corrected chi connectivity index (χ0v) is 19.0. The smallest absolute Gasteiger partial charge is 0.303 e. The van der Waals surface area contributed by atoms with Gasteiger partial charge in [-0.05, 0) is 28.9 Å². The van der Waals surface area contributed by atoms with Crippen LogP contribution in [0.15, 0.2) is 27.8 Å². The van der Waals surface area contributed by atoms with E-state index in [0.717, 1.165) is 9.37 Å². The molecule has 0 aliphatic carbocycles. The van der Waals surface area contributed by atoms with Gasteiger partial charge in [-0.2, -0.15) is 0 Å². The van der Waals surface area contributed by atoms with E-state index in [4.69, 9.17) is 24.7 Å². The van der Waals surface area contributed by atoms with Crippen LogP contribution in [-0.4, -0.2) is 59.8 Å². The number of carbonyl (C=O) groups excluding carboxylic acids is 3. The topological polar surface area (TPSA) is 127 Å². The maximum atomic E-state index is 11.5. The number of esters is 3. The molecule has 0 aliphatic rings. The van der Waals surface area contributed by atoms with Gasteiger partial charge in [0.1, 0.15) is 30.4 Å². The molecule has 1 rings (SSSR count). The number of hydrogen-bond donors (Lipinski definition) is 1. The van der Waals surface area contributed by atoms with Crippen molar-refractivity contribution in [2.75, 3.05) is 13.2 Å². The fourth-order valence-corrected chi connectivity index (χ4v) is 3.82. The summed E-state index contributed by atoms with van der Waals surface area (Å²) in [7, 11) is 0. The van der Waals surface area contributed by atoms with Crippen LogP contribution in [0.25, 0.3) is 0 Å². The normalized spacial score (nSPS) is 15.0. The first kappa shape index (κ1) is 25.3. The quantitative estimate of drug-likeness (QED) is 0.212. The number of carbonyl (C=O) groups is 3. The maximum absolute atomic E-state index is 11.5. The van der Waals surface area contributed by atoms with E-state index in [-0.39, 0.29) is 13.2 Å². The van der Waals surface area contributed by atoms with Gasteiger partial charge in [-0.1, -0.05) is 11.8 Å². The molecule has 0 radical (unpaired) electrons. The molecule has 1 aromatic rings. The Hall–Kier alpha value is -1.69. The van der Waals surface area contributed by atoms with E-state index in [9.17, 15) is 14.4 Å². The molecule has 9 nitrogen and oxygen atoms in total. The van der Waals surface area contributed by atoms with Gasteiger partial charge in [-0.15, -0.1) is 0 Å². The van der Waals surface area contributed by atoms with Gasteiger partial charge in [0.15, 0.2) is 0 Å². The van der Waals surface area contributed by atoms with Gasteiger partial charge < -0.3 is 24.7 Å². The lowest BCUT2D eigenvalue weighted by molar-refractivity contribution is -0.169. The number of ether oxygens (including phenoxy) is 4. The number of nitrogens with two attached hydrogens (primary N) is 1. The SMILES string of the molecule is CC(=O)OCC(OC(Sc1cncc(Br)c1)[C@H](CN)OC(C)=O)[C@@H](C)OC(C)=O. The Labute approximate surface area is 182 Å². The second-order valence-electron chi connectivity index (χ2n) is 6.00. The van der Waals surface area contributed by atoms with Gasteiger partial charge in [0, 0.05) is 49.1 Å².